The average Bonchev–Trinajstić information content (AvgIpc) is 2.70. The summed E-state index contributed by atoms with van der Waals surface area (Å²) >= 11 is 0. The van der Waals surface area contributed by atoms with E-state index in [1.54, 1.807) is 0 Å². The van der Waals surface area contributed by atoms with E-state index < -0.39 is 0 Å². The zero-order chi connectivity index (χ0) is 13.1. The van der Waals surface area contributed by atoms with Crippen LogP contribution in [0, 0.1) is 5.92 Å². The molecule has 0 spiro atoms. The number of rotatable bonds is 4. The highest BCUT2D eigenvalue weighted by molar-refractivity contribution is 4.90. The topological polar surface area (TPSA) is 54.2 Å². The Labute approximate surface area is 109 Å². The lowest BCUT2D eigenvalue weighted by molar-refractivity contribution is 0.123. The van der Waals surface area contributed by atoms with Crippen molar-refractivity contribution in [2.24, 2.45) is 5.92 Å². The molecule has 2 unspecified atom stereocenters. The summed E-state index contributed by atoms with van der Waals surface area (Å²) in [5.41, 5.74) is 0. The molecule has 2 heterocycles. The molecule has 1 aromatic rings. The normalized spacial score (nSPS) is 25.8. The molecule has 5 nitrogen and oxygen atoms in total. The van der Waals surface area contributed by atoms with E-state index >= 15 is 0 Å². The van der Waals surface area contributed by atoms with Crippen molar-refractivity contribution in [3.8, 4) is 0 Å². The van der Waals surface area contributed by atoms with E-state index in [0.29, 0.717) is 18.0 Å². The fourth-order valence-electron chi connectivity index (χ4n) is 2.29. The van der Waals surface area contributed by atoms with Crippen LogP contribution in [0.1, 0.15) is 39.4 Å². The van der Waals surface area contributed by atoms with Gasteiger partial charge in [-0.2, -0.15) is 4.98 Å². The van der Waals surface area contributed by atoms with Gasteiger partial charge >= 0.3 is 0 Å². The summed E-state index contributed by atoms with van der Waals surface area (Å²) in [5, 5.41) is 7.51. The van der Waals surface area contributed by atoms with Crippen LogP contribution < -0.4 is 5.32 Å². The Morgan fingerprint density at radius 1 is 1.44 bits per heavy atom. The Morgan fingerprint density at radius 3 is 2.94 bits per heavy atom. The van der Waals surface area contributed by atoms with E-state index in [9.17, 15) is 0 Å². The third kappa shape index (κ3) is 3.53. The Morgan fingerprint density at radius 2 is 2.22 bits per heavy atom. The number of nitrogens with zero attached hydrogens (tertiary/aromatic N) is 3. The molecule has 2 atom stereocenters. The molecule has 0 radical (unpaired) electrons. The Hall–Kier alpha value is -0.940. The zero-order valence-corrected chi connectivity index (χ0v) is 11.8. The molecule has 1 aliphatic rings. The number of aromatic nitrogens is 2. The van der Waals surface area contributed by atoms with Crippen molar-refractivity contribution in [2.45, 2.75) is 52.7 Å². The highest BCUT2D eigenvalue weighted by Gasteiger charge is 2.24. The van der Waals surface area contributed by atoms with Crippen molar-refractivity contribution < 1.29 is 4.52 Å². The predicted molar refractivity (Wildman–Crippen MR) is 70.2 cm³/mol. The minimum absolute atomic E-state index is 0.515. The van der Waals surface area contributed by atoms with Crippen LogP contribution in [0.4, 0.5) is 0 Å². The Balaban J connectivity index is 1.93. The predicted octanol–water partition coefficient (Wildman–Crippen LogP) is 1.45. The molecule has 0 bridgehead atoms. The van der Waals surface area contributed by atoms with Gasteiger partial charge in [0.2, 0.25) is 5.89 Å². The highest BCUT2D eigenvalue weighted by atomic mass is 16.5. The lowest BCUT2D eigenvalue weighted by Gasteiger charge is -2.36. The van der Waals surface area contributed by atoms with E-state index in [1.807, 2.05) is 0 Å². The molecule has 0 saturated carbocycles. The first-order valence-electron chi connectivity index (χ1n) is 6.83. The molecule has 1 fully saturated rings. The Bertz CT molecular complexity index is 377. The molecule has 0 aromatic carbocycles. The van der Waals surface area contributed by atoms with Crippen molar-refractivity contribution in [1.82, 2.24) is 20.4 Å². The van der Waals surface area contributed by atoms with Gasteiger partial charge in [-0.1, -0.05) is 19.0 Å². The molecule has 1 N–H and O–H groups in total. The minimum atomic E-state index is 0.515. The molecule has 102 valence electrons. The summed E-state index contributed by atoms with van der Waals surface area (Å²) in [6, 6.07) is 1.04. The van der Waals surface area contributed by atoms with Crippen LogP contribution in [0.2, 0.25) is 0 Å². The average molecular weight is 252 g/mol. The lowest BCUT2D eigenvalue weighted by Crippen LogP contribution is -2.53. The van der Waals surface area contributed by atoms with Crippen LogP contribution in [-0.2, 0) is 13.0 Å². The molecule has 1 aliphatic heterocycles. The SMILES string of the molecule is CC(C)Cc1noc(CN2CC(C)NCC2C)n1. The van der Waals surface area contributed by atoms with Gasteiger partial charge < -0.3 is 9.84 Å². The van der Waals surface area contributed by atoms with Crippen molar-refractivity contribution in [2.75, 3.05) is 13.1 Å². The van der Waals surface area contributed by atoms with E-state index in [2.05, 4.69) is 48.1 Å². The third-order valence-corrected chi connectivity index (χ3v) is 3.33. The summed E-state index contributed by atoms with van der Waals surface area (Å²) in [6.45, 7) is 11.6. The van der Waals surface area contributed by atoms with Crippen LogP contribution in [0.25, 0.3) is 0 Å². The first kappa shape index (κ1) is 13.5. The first-order valence-corrected chi connectivity index (χ1v) is 6.83. The number of hydrogen-bond acceptors (Lipinski definition) is 5. The molecule has 0 aliphatic carbocycles. The smallest absolute Gasteiger partial charge is 0.240 e. The fourth-order valence-corrected chi connectivity index (χ4v) is 2.29. The number of nitrogens with one attached hydrogen (secondary N) is 1. The van der Waals surface area contributed by atoms with Gasteiger partial charge in [-0.3, -0.25) is 4.90 Å². The second-order valence-corrected chi connectivity index (χ2v) is 5.79. The summed E-state index contributed by atoms with van der Waals surface area (Å²) in [6.07, 6.45) is 0.886. The molecule has 5 heteroatoms. The highest BCUT2D eigenvalue weighted by Crippen LogP contribution is 2.12. The van der Waals surface area contributed by atoms with Gasteiger partial charge in [-0.25, -0.2) is 0 Å². The van der Waals surface area contributed by atoms with E-state index in [4.69, 9.17) is 4.52 Å². The molecule has 0 amide bonds. The first-order chi connectivity index (χ1) is 8.54. The second-order valence-electron chi connectivity index (χ2n) is 5.79. The maximum absolute atomic E-state index is 5.33. The van der Waals surface area contributed by atoms with Crippen LogP contribution in [-0.4, -0.2) is 40.2 Å². The van der Waals surface area contributed by atoms with Crippen molar-refractivity contribution >= 4 is 0 Å². The van der Waals surface area contributed by atoms with E-state index in [-0.39, 0.29) is 0 Å². The summed E-state index contributed by atoms with van der Waals surface area (Å²) < 4.78 is 5.33. The summed E-state index contributed by atoms with van der Waals surface area (Å²) in [4.78, 5) is 6.86. The summed E-state index contributed by atoms with van der Waals surface area (Å²) in [7, 11) is 0. The van der Waals surface area contributed by atoms with Crippen LogP contribution in [0.5, 0.6) is 0 Å². The largest absolute Gasteiger partial charge is 0.338 e. The summed E-state index contributed by atoms with van der Waals surface area (Å²) in [5.74, 6) is 2.14. The maximum Gasteiger partial charge on any atom is 0.240 e. The van der Waals surface area contributed by atoms with Gasteiger partial charge in [0, 0.05) is 31.6 Å². The lowest BCUT2D eigenvalue weighted by atomic mass is 10.1. The molecular formula is C13H24N4O. The number of hydrogen-bond donors (Lipinski definition) is 1. The standard InChI is InChI=1S/C13H24N4O/c1-9(2)5-12-15-13(18-16-12)8-17-7-10(3)14-6-11(17)4/h9-11,14H,5-8H2,1-4H3. The van der Waals surface area contributed by atoms with Crippen molar-refractivity contribution in [1.29, 1.82) is 0 Å². The third-order valence-electron chi connectivity index (χ3n) is 3.33. The van der Waals surface area contributed by atoms with Gasteiger partial charge in [0.15, 0.2) is 5.82 Å². The van der Waals surface area contributed by atoms with Gasteiger partial charge in [-0.15, -0.1) is 0 Å². The van der Waals surface area contributed by atoms with Crippen LogP contribution in [0.3, 0.4) is 0 Å². The second kappa shape index (κ2) is 5.80. The molecule has 1 saturated heterocycles. The molecule has 2 rings (SSSR count). The number of piperazine rings is 1. The van der Waals surface area contributed by atoms with Gasteiger partial charge in [0.05, 0.1) is 6.54 Å². The van der Waals surface area contributed by atoms with Crippen molar-refractivity contribution in [3.63, 3.8) is 0 Å². The minimum Gasteiger partial charge on any atom is -0.338 e. The van der Waals surface area contributed by atoms with Crippen LogP contribution >= 0.6 is 0 Å². The van der Waals surface area contributed by atoms with Crippen molar-refractivity contribution in [3.05, 3.63) is 11.7 Å². The van der Waals surface area contributed by atoms with E-state index in [0.717, 1.165) is 37.8 Å². The van der Waals surface area contributed by atoms with E-state index in [1.165, 1.54) is 0 Å². The van der Waals surface area contributed by atoms with Gasteiger partial charge in [0.1, 0.15) is 0 Å². The molecular weight excluding hydrogens is 228 g/mol. The fraction of sp³-hybridized carbons (Fsp3) is 0.846. The zero-order valence-electron chi connectivity index (χ0n) is 11.8. The van der Waals surface area contributed by atoms with Crippen LogP contribution in [0.15, 0.2) is 4.52 Å². The molecule has 1 aromatic heterocycles. The quantitative estimate of drug-likeness (QED) is 0.879. The Kier molecular flexibility index (Phi) is 4.35. The molecule has 18 heavy (non-hydrogen) atoms. The van der Waals surface area contributed by atoms with Gasteiger partial charge in [0.25, 0.3) is 0 Å². The van der Waals surface area contributed by atoms with Gasteiger partial charge in [-0.05, 0) is 19.8 Å². The monoisotopic (exact) mass is 252 g/mol. The maximum atomic E-state index is 5.33.